The summed E-state index contributed by atoms with van der Waals surface area (Å²) < 4.78 is 14.9. The van der Waals surface area contributed by atoms with Crippen LogP contribution in [0.1, 0.15) is 17.9 Å². The van der Waals surface area contributed by atoms with Gasteiger partial charge in [-0.25, -0.2) is 4.79 Å². The second-order valence-electron chi connectivity index (χ2n) is 4.13. The minimum absolute atomic E-state index is 0.00699. The van der Waals surface area contributed by atoms with E-state index in [4.69, 9.17) is 9.47 Å². The van der Waals surface area contributed by atoms with E-state index in [1.54, 1.807) is 19.3 Å². The van der Waals surface area contributed by atoms with Crippen LogP contribution in [0.3, 0.4) is 0 Å². The fourth-order valence-electron chi connectivity index (χ4n) is 1.83. The van der Waals surface area contributed by atoms with E-state index in [0.29, 0.717) is 6.42 Å². The van der Waals surface area contributed by atoms with Crippen molar-refractivity contribution in [2.24, 2.45) is 0 Å². The third-order valence-electron chi connectivity index (χ3n) is 2.92. The van der Waals surface area contributed by atoms with Crippen LogP contribution < -0.4 is 4.74 Å². The number of carbonyl (C=O) groups excluding carboxylic acids is 1. The number of rotatable bonds is 7. The highest BCUT2D eigenvalue weighted by molar-refractivity contribution is 5.86. The van der Waals surface area contributed by atoms with Gasteiger partial charge < -0.3 is 14.2 Å². The predicted octanol–water partition coefficient (Wildman–Crippen LogP) is 3.06. The highest BCUT2D eigenvalue weighted by Gasteiger charge is 2.15. The van der Waals surface area contributed by atoms with Crippen LogP contribution in [0.25, 0.3) is 0 Å². The molecule has 0 heterocycles. The zero-order valence-electron chi connectivity index (χ0n) is 12.1. The Hall–Kier alpha value is -2.23. The van der Waals surface area contributed by atoms with Crippen molar-refractivity contribution in [3.63, 3.8) is 0 Å². The van der Waals surface area contributed by atoms with Gasteiger partial charge in [0.05, 0.1) is 21.3 Å². The number of hydrogen-bond donors (Lipinski definition) is 0. The molecule has 4 heteroatoms. The van der Waals surface area contributed by atoms with Crippen LogP contribution in [0.5, 0.6) is 5.75 Å². The van der Waals surface area contributed by atoms with E-state index in [2.05, 4.69) is 11.3 Å². The van der Waals surface area contributed by atoms with Crippen LogP contribution >= 0.6 is 0 Å². The molecule has 1 aromatic rings. The van der Waals surface area contributed by atoms with Gasteiger partial charge in [0.25, 0.3) is 0 Å². The van der Waals surface area contributed by atoms with Gasteiger partial charge in [-0.2, -0.15) is 0 Å². The van der Waals surface area contributed by atoms with E-state index in [0.717, 1.165) is 11.3 Å². The van der Waals surface area contributed by atoms with Crippen LogP contribution in [0.15, 0.2) is 48.8 Å². The van der Waals surface area contributed by atoms with Crippen LogP contribution in [0.4, 0.5) is 0 Å². The molecule has 0 aliphatic heterocycles. The van der Waals surface area contributed by atoms with E-state index < -0.39 is 5.97 Å². The van der Waals surface area contributed by atoms with E-state index in [1.165, 1.54) is 14.2 Å². The van der Waals surface area contributed by atoms with Crippen molar-refractivity contribution in [1.82, 2.24) is 0 Å². The highest BCUT2D eigenvalue weighted by Crippen LogP contribution is 2.25. The van der Waals surface area contributed by atoms with E-state index in [-0.39, 0.29) is 11.7 Å². The van der Waals surface area contributed by atoms with Crippen molar-refractivity contribution in [3.05, 3.63) is 54.3 Å². The Bertz CT molecular complexity index is 474. The number of carbonyl (C=O) groups is 1. The molecule has 0 aliphatic rings. The molecular formula is C16H20O4. The SMILES string of the molecule is C=CCC(/C=C(/OC)C(=O)OC)c1ccc(OC)cc1. The molecule has 1 unspecified atom stereocenters. The Morgan fingerprint density at radius 3 is 2.30 bits per heavy atom. The Balaban J connectivity index is 3.05. The summed E-state index contributed by atoms with van der Waals surface area (Å²) in [6.07, 6.45) is 4.24. The average molecular weight is 276 g/mol. The predicted molar refractivity (Wildman–Crippen MR) is 77.7 cm³/mol. The maximum absolute atomic E-state index is 11.6. The van der Waals surface area contributed by atoms with Crippen molar-refractivity contribution in [3.8, 4) is 5.75 Å². The molecule has 0 N–H and O–H groups in total. The lowest BCUT2D eigenvalue weighted by Crippen LogP contribution is -2.08. The molecule has 20 heavy (non-hydrogen) atoms. The maximum Gasteiger partial charge on any atom is 0.372 e. The summed E-state index contributed by atoms with van der Waals surface area (Å²) in [5.41, 5.74) is 1.05. The first kappa shape index (κ1) is 15.8. The second-order valence-corrected chi connectivity index (χ2v) is 4.13. The Labute approximate surface area is 119 Å². The molecule has 1 atom stereocenters. The van der Waals surface area contributed by atoms with E-state index in [9.17, 15) is 4.79 Å². The molecule has 0 radical (unpaired) electrons. The molecule has 0 fully saturated rings. The molecule has 0 aliphatic carbocycles. The number of esters is 1. The van der Waals surface area contributed by atoms with Gasteiger partial charge in [0.1, 0.15) is 5.75 Å². The summed E-state index contributed by atoms with van der Waals surface area (Å²) in [5.74, 6) is 0.479. The maximum atomic E-state index is 11.6. The molecule has 1 aromatic carbocycles. The first-order valence-electron chi connectivity index (χ1n) is 6.25. The molecule has 0 saturated heterocycles. The summed E-state index contributed by atoms with van der Waals surface area (Å²) in [6.45, 7) is 3.75. The molecule has 0 amide bonds. The average Bonchev–Trinajstić information content (AvgIpc) is 2.50. The molecule has 0 bridgehead atoms. The van der Waals surface area contributed by atoms with Gasteiger partial charge in [-0.3, -0.25) is 0 Å². The normalized spacial score (nSPS) is 12.4. The number of benzene rings is 1. The first-order valence-corrected chi connectivity index (χ1v) is 6.25. The molecule has 1 rings (SSSR count). The lowest BCUT2D eigenvalue weighted by Gasteiger charge is -2.13. The van der Waals surface area contributed by atoms with E-state index in [1.807, 2.05) is 24.3 Å². The smallest absolute Gasteiger partial charge is 0.372 e. The third-order valence-corrected chi connectivity index (χ3v) is 2.92. The molecular weight excluding hydrogens is 256 g/mol. The van der Waals surface area contributed by atoms with Crippen molar-refractivity contribution < 1.29 is 19.0 Å². The number of hydrogen-bond acceptors (Lipinski definition) is 4. The lowest BCUT2D eigenvalue weighted by atomic mass is 9.94. The Morgan fingerprint density at radius 1 is 1.20 bits per heavy atom. The number of methoxy groups -OCH3 is 3. The van der Waals surface area contributed by atoms with Crippen LogP contribution in [-0.4, -0.2) is 27.3 Å². The fraction of sp³-hybridized carbons (Fsp3) is 0.312. The monoisotopic (exact) mass is 276 g/mol. The minimum Gasteiger partial charge on any atom is -0.497 e. The highest BCUT2D eigenvalue weighted by atomic mass is 16.6. The van der Waals surface area contributed by atoms with Gasteiger partial charge >= 0.3 is 5.97 Å². The van der Waals surface area contributed by atoms with Crippen LogP contribution in [-0.2, 0) is 14.3 Å². The van der Waals surface area contributed by atoms with Gasteiger partial charge in [0, 0.05) is 5.92 Å². The first-order chi connectivity index (χ1) is 9.65. The third kappa shape index (κ3) is 4.16. The summed E-state index contributed by atoms with van der Waals surface area (Å²) in [5, 5.41) is 0. The van der Waals surface area contributed by atoms with Gasteiger partial charge in [-0.1, -0.05) is 18.2 Å². The molecule has 108 valence electrons. The molecule has 4 nitrogen and oxygen atoms in total. The largest absolute Gasteiger partial charge is 0.497 e. The number of ether oxygens (including phenoxy) is 3. The van der Waals surface area contributed by atoms with Crippen molar-refractivity contribution in [2.45, 2.75) is 12.3 Å². The van der Waals surface area contributed by atoms with Gasteiger partial charge in [0.15, 0.2) is 0 Å². The van der Waals surface area contributed by atoms with Crippen molar-refractivity contribution in [1.29, 1.82) is 0 Å². The van der Waals surface area contributed by atoms with Crippen LogP contribution in [0.2, 0.25) is 0 Å². The fourth-order valence-corrected chi connectivity index (χ4v) is 1.83. The van der Waals surface area contributed by atoms with Crippen molar-refractivity contribution >= 4 is 5.97 Å². The minimum atomic E-state index is -0.491. The van der Waals surface area contributed by atoms with Gasteiger partial charge in [0.2, 0.25) is 5.76 Å². The van der Waals surface area contributed by atoms with E-state index >= 15 is 0 Å². The zero-order valence-corrected chi connectivity index (χ0v) is 12.1. The summed E-state index contributed by atoms with van der Waals surface area (Å²) in [7, 11) is 4.39. The standard InChI is InChI=1S/C16H20O4/c1-5-6-13(11-15(19-3)16(17)20-4)12-7-9-14(18-2)10-8-12/h5,7-11,13H,1,6H2,2-4H3/b15-11+. The van der Waals surface area contributed by atoms with Crippen molar-refractivity contribution in [2.75, 3.05) is 21.3 Å². The molecule has 0 saturated carbocycles. The van der Waals surface area contributed by atoms with Gasteiger partial charge in [-0.15, -0.1) is 6.58 Å². The Morgan fingerprint density at radius 2 is 1.85 bits per heavy atom. The topological polar surface area (TPSA) is 44.8 Å². The molecule has 0 spiro atoms. The lowest BCUT2D eigenvalue weighted by molar-refractivity contribution is -0.139. The number of allylic oxidation sites excluding steroid dienone is 2. The summed E-state index contributed by atoms with van der Waals surface area (Å²) in [4.78, 5) is 11.6. The summed E-state index contributed by atoms with van der Waals surface area (Å²) in [6, 6.07) is 7.66. The Kier molecular flexibility index (Phi) is 6.37. The molecule has 0 aromatic heterocycles. The van der Waals surface area contributed by atoms with Gasteiger partial charge in [-0.05, 0) is 30.2 Å². The van der Waals surface area contributed by atoms with Crippen LogP contribution in [0, 0.1) is 0 Å². The zero-order chi connectivity index (χ0) is 15.0. The quantitative estimate of drug-likeness (QED) is 0.332. The summed E-state index contributed by atoms with van der Waals surface area (Å²) >= 11 is 0. The second kappa shape index (κ2) is 8.04.